The summed E-state index contributed by atoms with van der Waals surface area (Å²) >= 11 is 0. The molecule has 264 valence electrons. The first kappa shape index (κ1) is 37.3. The number of allylic oxidation sites excluding steroid dienone is 1. The van der Waals surface area contributed by atoms with E-state index < -0.39 is 53.2 Å². The second kappa shape index (κ2) is 15.8. The zero-order valence-electron chi connectivity index (χ0n) is 29.4. The van der Waals surface area contributed by atoms with Gasteiger partial charge in [-0.25, -0.2) is 0 Å². The Morgan fingerprint density at radius 1 is 1.12 bits per heavy atom. The average molecular weight is 666 g/mol. The highest BCUT2D eigenvalue weighted by Crippen LogP contribution is 2.59. The van der Waals surface area contributed by atoms with Gasteiger partial charge in [-0.05, 0) is 65.4 Å². The van der Waals surface area contributed by atoms with Crippen LogP contribution in [0.1, 0.15) is 90.7 Å². The van der Waals surface area contributed by atoms with E-state index in [4.69, 9.17) is 9.47 Å². The molecule has 1 aromatic carbocycles. The highest BCUT2D eigenvalue weighted by atomic mass is 16.6. The molecule has 3 heterocycles. The van der Waals surface area contributed by atoms with Gasteiger partial charge in [0.2, 0.25) is 17.7 Å². The number of likely N-dealkylation sites (N-methyl/N-ethyl adjacent to an activating group) is 1. The molecule has 3 saturated heterocycles. The molecule has 0 radical (unpaired) electrons. The predicted molar refractivity (Wildman–Crippen MR) is 183 cm³/mol. The number of hydrogen-bond donors (Lipinski definition) is 1. The van der Waals surface area contributed by atoms with Crippen molar-refractivity contribution in [2.45, 2.75) is 114 Å². The number of amides is 3. The van der Waals surface area contributed by atoms with Crippen molar-refractivity contribution in [3.05, 3.63) is 61.2 Å². The molecular formula is C38H55N3O7. The molecule has 1 N–H and O–H groups in total. The summed E-state index contributed by atoms with van der Waals surface area (Å²) in [5.74, 6) is -2.86. The van der Waals surface area contributed by atoms with E-state index in [1.54, 1.807) is 33.9 Å². The molecule has 3 amide bonds. The largest absolute Gasteiger partial charge is 0.455 e. The Morgan fingerprint density at radius 3 is 2.44 bits per heavy atom. The number of ether oxygens (including phenoxy) is 2. The maximum absolute atomic E-state index is 14.6. The lowest BCUT2D eigenvalue weighted by atomic mass is 9.70. The summed E-state index contributed by atoms with van der Waals surface area (Å²) in [6, 6.07) is 7.94. The van der Waals surface area contributed by atoms with E-state index in [0.717, 1.165) is 18.4 Å². The molecule has 3 aliphatic heterocycles. The molecule has 4 rings (SSSR count). The lowest BCUT2D eigenvalue weighted by molar-refractivity contribution is -0.164. The van der Waals surface area contributed by atoms with Gasteiger partial charge >= 0.3 is 5.97 Å². The fourth-order valence-corrected chi connectivity index (χ4v) is 7.78. The Bertz CT molecular complexity index is 1330. The number of carbonyl (C=O) groups excluding carboxylic acids is 4. The standard InChI is InChI=1S/C38H55N3O7/c1-8-10-20-29(43)39(7)26(3)32(27-18-14-13-15-19-27)47-36(46)30-28-21-22-38(48-28)31(30)34(44)40(24-16-11-12-17-25-42)33(38)35(45)41(23-9-2)37(4,5)6/h8-9,13-15,18-19,26,28,30-33,42H,1-2,10-12,16-17,20-25H2,3-7H3/t26-,28-,30+,31+,32+,33-,38+/m0/s1. The topological polar surface area (TPSA) is 117 Å². The van der Waals surface area contributed by atoms with Gasteiger partial charge in [0.05, 0.1) is 24.0 Å². The Balaban J connectivity index is 1.67. The number of benzene rings is 1. The molecule has 48 heavy (non-hydrogen) atoms. The Hall–Kier alpha value is -3.50. The quantitative estimate of drug-likeness (QED) is 0.144. The number of aliphatic hydroxyl groups excluding tert-OH is 1. The van der Waals surface area contributed by atoms with Crippen LogP contribution in [0.2, 0.25) is 0 Å². The van der Waals surface area contributed by atoms with E-state index in [9.17, 15) is 24.3 Å². The summed E-state index contributed by atoms with van der Waals surface area (Å²) in [6.45, 7) is 16.1. The minimum absolute atomic E-state index is 0.0912. The zero-order chi connectivity index (χ0) is 35.2. The molecular weight excluding hydrogens is 610 g/mol. The van der Waals surface area contributed by atoms with E-state index >= 15 is 0 Å². The van der Waals surface area contributed by atoms with Crippen LogP contribution in [0.3, 0.4) is 0 Å². The maximum atomic E-state index is 14.6. The molecule has 0 unspecified atom stereocenters. The molecule has 0 aromatic heterocycles. The van der Waals surface area contributed by atoms with E-state index in [2.05, 4.69) is 13.2 Å². The van der Waals surface area contributed by atoms with Gasteiger partial charge in [-0.2, -0.15) is 0 Å². The number of esters is 1. The van der Waals surface area contributed by atoms with Gasteiger partial charge in [0.15, 0.2) is 0 Å². The fourth-order valence-electron chi connectivity index (χ4n) is 7.78. The second-order valence-electron chi connectivity index (χ2n) is 14.5. The van der Waals surface area contributed by atoms with Gasteiger partial charge in [0, 0.05) is 38.7 Å². The van der Waals surface area contributed by atoms with Crippen molar-refractivity contribution in [1.82, 2.24) is 14.7 Å². The molecule has 0 saturated carbocycles. The summed E-state index contributed by atoms with van der Waals surface area (Å²) in [5, 5.41) is 9.24. The zero-order valence-corrected chi connectivity index (χ0v) is 29.4. The van der Waals surface area contributed by atoms with Gasteiger partial charge in [0.25, 0.3) is 0 Å². The molecule has 1 aromatic rings. The van der Waals surface area contributed by atoms with Crippen molar-refractivity contribution < 1.29 is 33.8 Å². The molecule has 7 atom stereocenters. The number of rotatable bonds is 17. The summed E-state index contributed by atoms with van der Waals surface area (Å²) in [6.07, 6.45) is 6.83. The summed E-state index contributed by atoms with van der Waals surface area (Å²) in [4.78, 5) is 61.4. The SMILES string of the molecule is C=CCCC(=O)N(C)[C@@H](C)[C@@H](OC(=O)[C@@H]1[C@@H]2CC[C@]3(O2)[C@H](C(=O)N(CC=C)C(C)(C)C)N(CCCCCCO)C(=O)[C@@H]13)c1ccccc1. The maximum Gasteiger partial charge on any atom is 0.313 e. The Morgan fingerprint density at radius 2 is 1.81 bits per heavy atom. The van der Waals surface area contributed by atoms with E-state index in [1.165, 1.54) is 0 Å². The first-order chi connectivity index (χ1) is 22.8. The van der Waals surface area contributed by atoms with Gasteiger partial charge in [-0.1, -0.05) is 55.3 Å². The van der Waals surface area contributed by atoms with Gasteiger partial charge in [0.1, 0.15) is 17.7 Å². The van der Waals surface area contributed by atoms with E-state index in [1.807, 2.05) is 58.0 Å². The number of aliphatic hydroxyl groups is 1. The third kappa shape index (κ3) is 7.39. The van der Waals surface area contributed by atoms with Gasteiger partial charge in [-0.15, -0.1) is 13.2 Å². The predicted octanol–water partition coefficient (Wildman–Crippen LogP) is 4.82. The van der Waals surface area contributed by atoms with Gasteiger partial charge < -0.3 is 29.3 Å². The highest BCUT2D eigenvalue weighted by molar-refractivity contribution is 5.98. The van der Waals surface area contributed by atoms with Crippen LogP contribution in [0.25, 0.3) is 0 Å². The summed E-state index contributed by atoms with van der Waals surface area (Å²) in [7, 11) is 1.70. The second-order valence-corrected chi connectivity index (χ2v) is 14.5. The number of unbranched alkanes of at least 4 members (excludes halogenated alkanes) is 3. The molecule has 3 aliphatic rings. The molecule has 10 nitrogen and oxygen atoms in total. The third-order valence-electron chi connectivity index (χ3n) is 10.4. The highest BCUT2D eigenvalue weighted by Gasteiger charge is 2.75. The van der Waals surface area contributed by atoms with Crippen LogP contribution in [0.5, 0.6) is 0 Å². The first-order valence-corrected chi connectivity index (χ1v) is 17.5. The first-order valence-electron chi connectivity index (χ1n) is 17.5. The van der Waals surface area contributed by atoms with E-state index in [-0.39, 0.29) is 24.3 Å². The van der Waals surface area contributed by atoms with Crippen LogP contribution in [0.4, 0.5) is 0 Å². The third-order valence-corrected chi connectivity index (χ3v) is 10.4. The van der Waals surface area contributed by atoms with Crippen molar-refractivity contribution >= 4 is 23.7 Å². The molecule has 3 fully saturated rings. The van der Waals surface area contributed by atoms with Crippen LogP contribution in [0.15, 0.2) is 55.6 Å². The minimum atomic E-state index is -1.15. The Labute approximate surface area is 286 Å². The van der Waals surface area contributed by atoms with Gasteiger partial charge in [-0.3, -0.25) is 19.2 Å². The van der Waals surface area contributed by atoms with Crippen molar-refractivity contribution in [3.8, 4) is 0 Å². The number of fused-ring (bicyclic) bond motifs is 1. The summed E-state index contributed by atoms with van der Waals surface area (Å²) in [5.41, 5.74) is -0.955. The number of carbonyl (C=O) groups is 4. The average Bonchev–Trinajstić information content (AvgIpc) is 3.71. The monoisotopic (exact) mass is 665 g/mol. The smallest absolute Gasteiger partial charge is 0.313 e. The normalized spacial score (nSPS) is 25.7. The van der Waals surface area contributed by atoms with Crippen LogP contribution in [-0.2, 0) is 28.7 Å². The number of likely N-dealkylation sites (tertiary alicyclic amines) is 1. The van der Waals surface area contributed by atoms with Crippen LogP contribution in [-0.4, -0.2) is 99.6 Å². The Kier molecular flexibility index (Phi) is 12.3. The number of nitrogens with zero attached hydrogens (tertiary/aromatic N) is 3. The minimum Gasteiger partial charge on any atom is -0.455 e. The molecule has 10 heteroatoms. The van der Waals surface area contributed by atoms with Crippen molar-refractivity contribution in [3.63, 3.8) is 0 Å². The lowest BCUT2D eigenvalue weighted by Gasteiger charge is -2.42. The van der Waals surface area contributed by atoms with Crippen LogP contribution >= 0.6 is 0 Å². The summed E-state index contributed by atoms with van der Waals surface area (Å²) < 4.78 is 13.0. The fraction of sp³-hybridized carbons (Fsp3) is 0.632. The molecule has 1 spiro atoms. The van der Waals surface area contributed by atoms with Crippen molar-refractivity contribution in [1.29, 1.82) is 0 Å². The number of hydrogen-bond acceptors (Lipinski definition) is 7. The molecule has 0 aliphatic carbocycles. The van der Waals surface area contributed by atoms with E-state index in [0.29, 0.717) is 51.6 Å². The van der Waals surface area contributed by atoms with Crippen molar-refractivity contribution in [2.24, 2.45) is 11.8 Å². The van der Waals surface area contributed by atoms with Crippen LogP contribution < -0.4 is 0 Å². The van der Waals surface area contributed by atoms with Crippen molar-refractivity contribution in [2.75, 3.05) is 26.7 Å². The van der Waals surface area contributed by atoms with Crippen LogP contribution in [0, 0.1) is 11.8 Å². The lowest BCUT2D eigenvalue weighted by Crippen LogP contribution is -2.59. The molecule has 2 bridgehead atoms.